The van der Waals surface area contributed by atoms with Crippen LogP contribution in [0.4, 0.5) is 0 Å². The van der Waals surface area contributed by atoms with Gasteiger partial charge in [-0.3, -0.25) is 4.79 Å². The molecule has 1 fully saturated rings. The molecule has 20 heavy (non-hydrogen) atoms. The standard InChI is InChI=1S/C15H15Br2IO2/c1-15(2)11(7-12(16)17)13(15)14(19)20-8-9-4-3-5-10(18)6-9/h3-7,11,13H,8H2,1-2H3. The van der Waals surface area contributed by atoms with Crippen molar-refractivity contribution in [2.75, 3.05) is 0 Å². The summed E-state index contributed by atoms with van der Waals surface area (Å²) < 4.78 is 7.48. The van der Waals surface area contributed by atoms with E-state index < -0.39 is 0 Å². The third-order valence-corrected chi connectivity index (χ3v) is 4.94. The molecule has 2 unspecified atom stereocenters. The highest BCUT2D eigenvalue weighted by Gasteiger charge is 2.61. The molecule has 2 rings (SSSR count). The van der Waals surface area contributed by atoms with Crippen molar-refractivity contribution >= 4 is 60.4 Å². The van der Waals surface area contributed by atoms with Crippen molar-refractivity contribution in [3.63, 3.8) is 0 Å². The predicted octanol–water partition coefficient (Wildman–Crippen LogP) is 5.24. The maximum atomic E-state index is 12.2. The average molecular weight is 514 g/mol. The second kappa shape index (κ2) is 6.48. The smallest absolute Gasteiger partial charge is 0.310 e. The van der Waals surface area contributed by atoms with Gasteiger partial charge in [0.25, 0.3) is 0 Å². The molecule has 0 radical (unpaired) electrons. The van der Waals surface area contributed by atoms with Crippen LogP contribution in [0, 0.1) is 20.8 Å². The van der Waals surface area contributed by atoms with E-state index in [1.807, 2.05) is 30.3 Å². The molecule has 0 aliphatic heterocycles. The van der Waals surface area contributed by atoms with E-state index in [2.05, 4.69) is 68.3 Å². The summed E-state index contributed by atoms with van der Waals surface area (Å²) in [5.74, 6) is 0.0476. The van der Waals surface area contributed by atoms with Gasteiger partial charge in [-0.1, -0.05) is 32.1 Å². The van der Waals surface area contributed by atoms with Gasteiger partial charge in [0.2, 0.25) is 0 Å². The van der Waals surface area contributed by atoms with E-state index in [-0.39, 0.29) is 23.2 Å². The number of carbonyl (C=O) groups is 1. The second-order valence-electron chi connectivity index (χ2n) is 5.52. The summed E-state index contributed by atoms with van der Waals surface area (Å²) in [7, 11) is 0. The maximum absolute atomic E-state index is 12.2. The van der Waals surface area contributed by atoms with Crippen molar-refractivity contribution in [2.24, 2.45) is 17.3 Å². The highest BCUT2D eigenvalue weighted by Crippen LogP contribution is 2.60. The van der Waals surface area contributed by atoms with Crippen LogP contribution >= 0.6 is 54.5 Å². The summed E-state index contributed by atoms with van der Waals surface area (Å²) in [5, 5.41) is 0. The molecule has 1 aromatic carbocycles. The molecule has 0 bridgehead atoms. The Labute approximate surface area is 149 Å². The van der Waals surface area contributed by atoms with Gasteiger partial charge < -0.3 is 4.74 Å². The minimum atomic E-state index is -0.114. The molecule has 2 atom stereocenters. The zero-order valence-electron chi connectivity index (χ0n) is 11.2. The SMILES string of the molecule is CC1(C)C(C=C(Br)Br)C1C(=O)OCc1cccc(I)c1. The van der Waals surface area contributed by atoms with Gasteiger partial charge in [-0.25, -0.2) is 0 Å². The Kier molecular flexibility index (Phi) is 5.34. The minimum Gasteiger partial charge on any atom is -0.461 e. The van der Waals surface area contributed by atoms with Gasteiger partial charge in [0.05, 0.1) is 9.31 Å². The van der Waals surface area contributed by atoms with Crippen molar-refractivity contribution in [3.05, 3.63) is 42.9 Å². The third-order valence-electron chi connectivity index (χ3n) is 3.74. The molecule has 0 N–H and O–H groups in total. The zero-order chi connectivity index (χ0) is 14.9. The Morgan fingerprint density at radius 2 is 2.15 bits per heavy atom. The second-order valence-corrected chi connectivity index (χ2v) is 9.54. The molecule has 0 saturated heterocycles. The van der Waals surface area contributed by atoms with E-state index in [0.29, 0.717) is 6.61 Å². The van der Waals surface area contributed by atoms with Crippen LogP contribution in [-0.4, -0.2) is 5.97 Å². The molecule has 5 heteroatoms. The number of rotatable bonds is 4. The summed E-state index contributed by atoms with van der Waals surface area (Å²) in [6.07, 6.45) is 2.03. The maximum Gasteiger partial charge on any atom is 0.310 e. The molecular weight excluding hydrogens is 499 g/mol. The highest BCUT2D eigenvalue weighted by atomic mass is 127. The van der Waals surface area contributed by atoms with Gasteiger partial charge in [0, 0.05) is 3.57 Å². The molecule has 1 aliphatic rings. The van der Waals surface area contributed by atoms with Crippen molar-refractivity contribution in [3.8, 4) is 0 Å². The van der Waals surface area contributed by atoms with Crippen LogP contribution in [0.15, 0.2) is 33.7 Å². The molecule has 0 heterocycles. The summed E-state index contributed by atoms with van der Waals surface area (Å²) in [4.78, 5) is 12.2. The largest absolute Gasteiger partial charge is 0.461 e. The van der Waals surface area contributed by atoms with E-state index >= 15 is 0 Å². The fourth-order valence-corrected chi connectivity index (χ4v) is 3.62. The van der Waals surface area contributed by atoms with Crippen LogP contribution in [0.1, 0.15) is 19.4 Å². The number of halogens is 3. The first-order valence-corrected chi connectivity index (χ1v) is 8.92. The number of hydrogen-bond donors (Lipinski definition) is 0. The number of esters is 1. The lowest BCUT2D eigenvalue weighted by Crippen LogP contribution is -2.10. The van der Waals surface area contributed by atoms with Gasteiger partial charge >= 0.3 is 5.97 Å². The van der Waals surface area contributed by atoms with Crippen molar-refractivity contribution < 1.29 is 9.53 Å². The first-order valence-electron chi connectivity index (χ1n) is 6.26. The molecule has 0 spiro atoms. The molecule has 108 valence electrons. The van der Waals surface area contributed by atoms with Gasteiger partial charge in [-0.05, 0) is 83.5 Å². The van der Waals surface area contributed by atoms with Crippen LogP contribution in [-0.2, 0) is 16.1 Å². The Balaban J connectivity index is 1.95. The normalized spacial score (nSPS) is 23.1. The van der Waals surface area contributed by atoms with Crippen molar-refractivity contribution in [2.45, 2.75) is 20.5 Å². The summed E-state index contributed by atoms with van der Waals surface area (Å²) in [5.41, 5.74) is 0.993. The van der Waals surface area contributed by atoms with Gasteiger partial charge in [-0.2, -0.15) is 0 Å². The fraction of sp³-hybridized carbons (Fsp3) is 0.400. The predicted molar refractivity (Wildman–Crippen MR) is 95.7 cm³/mol. The van der Waals surface area contributed by atoms with E-state index in [4.69, 9.17) is 4.74 Å². The molecule has 1 aromatic rings. The van der Waals surface area contributed by atoms with Crippen LogP contribution < -0.4 is 0 Å². The van der Waals surface area contributed by atoms with E-state index in [9.17, 15) is 4.79 Å². The summed E-state index contributed by atoms with van der Waals surface area (Å²) in [6, 6.07) is 7.99. The van der Waals surface area contributed by atoms with Gasteiger partial charge in [-0.15, -0.1) is 0 Å². The van der Waals surface area contributed by atoms with Crippen LogP contribution in [0.3, 0.4) is 0 Å². The Hall–Kier alpha value is 0.120. The summed E-state index contributed by atoms with van der Waals surface area (Å²) in [6.45, 7) is 4.52. The van der Waals surface area contributed by atoms with Crippen LogP contribution in [0.5, 0.6) is 0 Å². The lowest BCUT2D eigenvalue weighted by atomic mass is 10.1. The fourth-order valence-electron chi connectivity index (χ4n) is 2.45. The van der Waals surface area contributed by atoms with Crippen LogP contribution in [0.2, 0.25) is 0 Å². The third kappa shape index (κ3) is 3.85. The van der Waals surface area contributed by atoms with Crippen LogP contribution in [0.25, 0.3) is 0 Å². The average Bonchev–Trinajstić information content (AvgIpc) is 2.87. The highest BCUT2D eigenvalue weighted by molar-refractivity contribution is 14.1. The number of hydrogen-bond acceptors (Lipinski definition) is 2. The minimum absolute atomic E-state index is 0.0328. The molecule has 1 aliphatic carbocycles. The Morgan fingerprint density at radius 3 is 2.75 bits per heavy atom. The molecular formula is C15H15Br2IO2. The van der Waals surface area contributed by atoms with Gasteiger partial charge in [0.15, 0.2) is 0 Å². The molecule has 0 amide bonds. The number of ether oxygens (including phenoxy) is 1. The van der Waals surface area contributed by atoms with E-state index in [0.717, 1.165) is 12.5 Å². The zero-order valence-corrected chi connectivity index (χ0v) is 16.5. The first-order chi connectivity index (χ1) is 9.32. The first kappa shape index (κ1) is 16.5. The van der Waals surface area contributed by atoms with Crippen molar-refractivity contribution in [1.29, 1.82) is 0 Å². The number of carbonyl (C=O) groups excluding carboxylic acids is 1. The number of benzene rings is 1. The molecule has 1 saturated carbocycles. The molecule has 2 nitrogen and oxygen atoms in total. The lowest BCUT2D eigenvalue weighted by Gasteiger charge is -2.06. The lowest BCUT2D eigenvalue weighted by molar-refractivity contribution is -0.147. The van der Waals surface area contributed by atoms with E-state index in [1.165, 1.54) is 0 Å². The summed E-state index contributed by atoms with van der Waals surface area (Å²) >= 11 is 8.95. The molecule has 0 aromatic heterocycles. The number of allylic oxidation sites excluding steroid dienone is 1. The monoisotopic (exact) mass is 512 g/mol. The topological polar surface area (TPSA) is 26.3 Å². The quantitative estimate of drug-likeness (QED) is 0.407. The van der Waals surface area contributed by atoms with E-state index in [1.54, 1.807) is 0 Å². The van der Waals surface area contributed by atoms with Crippen molar-refractivity contribution in [1.82, 2.24) is 0 Å². The Bertz CT molecular complexity index is 551. The Morgan fingerprint density at radius 1 is 1.45 bits per heavy atom. The van der Waals surface area contributed by atoms with Gasteiger partial charge in [0.1, 0.15) is 6.61 Å².